The van der Waals surface area contributed by atoms with E-state index in [1.165, 1.54) is 6.07 Å². The first kappa shape index (κ1) is 12.3. The van der Waals surface area contributed by atoms with Gasteiger partial charge in [0.25, 0.3) is 0 Å². The molecule has 2 rings (SSSR count). The number of nitrogens with zero attached hydrogens (tertiary/aromatic N) is 1. The van der Waals surface area contributed by atoms with Gasteiger partial charge in [-0.15, -0.1) is 0 Å². The normalized spacial score (nSPS) is 10.7. The Kier molecular flexibility index (Phi) is 2.90. The highest BCUT2D eigenvalue weighted by Crippen LogP contribution is 2.26. The second kappa shape index (κ2) is 4.25. The maximum Gasteiger partial charge on any atom is 0.200 e. The third-order valence-corrected chi connectivity index (χ3v) is 2.30. The van der Waals surface area contributed by atoms with E-state index >= 15 is 0 Å². The van der Waals surface area contributed by atoms with Gasteiger partial charge in [0, 0.05) is 18.0 Å². The van der Waals surface area contributed by atoms with Crippen LogP contribution in [0.25, 0.3) is 5.69 Å². The molecular weight excluding hydrogens is 257 g/mol. The molecule has 0 saturated carbocycles. The average Bonchev–Trinajstić information content (AvgIpc) is 2.83. The largest absolute Gasteiger partial charge is 0.318 e. The Morgan fingerprint density at radius 2 is 1.39 bits per heavy atom. The molecule has 18 heavy (non-hydrogen) atoms. The molecule has 0 amide bonds. The Labute approximate surface area is 97.3 Å². The van der Waals surface area contributed by atoms with Crippen LogP contribution in [0.15, 0.2) is 18.5 Å². The Hall–Kier alpha value is -2.18. The molecular formula is C11H4F5NO. The van der Waals surface area contributed by atoms with Gasteiger partial charge in [0.05, 0.1) is 0 Å². The van der Waals surface area contributed by atoms with E-state index < -0.39 is 34.8 Å². The van der Waals surface area contributed by atoms with Crippen LogP contribution in [-0.4, -0.2) is 10.9 Å². The fourth-order valence-electron chi connectivity index (χ4n) is 1.44. The lowest BCUT2D eigenvalue weighted by Gasteiger charge is -2.08. The van der Waals surface area contributed by atoms with Gasteiger partial charge in [0.1, 0.15) is 5.69 Å². The predicted molar refractivity (Wildman–Crippen MR) is 50.9 cm³/mol. The minimum Gasteiger partial charge on any atom is -0.318 e. The van der Waals surface area contributed by atoms with Crippen LogP contribution in [0.2, 0.25) is 0 Å². The lowest BCUT2D eigenvalue weighted by molar-refractivity contribution is 0.112. The summed E-state index contributed by atoms with van der Waals surface area (Å²) in [6, 6.07) is 1.17. The molecule has 0 unspecified atom stereocenters. The molecule has 0 radical (unpaired) electrons. The van der Waals surface area contributed by atoms with Crippen LogP contribution in [0.5, 0.6) is 0 Å². The van der Waals surface area contributed by atoms with Crippen molar-refractivity contribution in [2.24, 2.45) is 0 Å². The highest BCUT2D eigenvalue weighted by atomic mass is 19.2. The Morgan fingerprint density at radius 3 is 1.83 bits per heavy atom. The molecule has 0 spiro atoms. The Balaban J connectivity index is 2.75. The standard InChI is InChI=1S/C11H4F5NO/c12-6-7(13)9(15)11(10(16)8(6)14)17-2-1-5(3-17)4-18/h1-4H. The predicted octanol–water partition coefficient (Wildman–Crippen LogP) is 2.99. The van der Waals surface area contributed by atoms with Gasteiger partial charge in [-0.1, -0.05) is 0 Å². The highest BCUT2D eigenvalue weighted by Gasteiger charge is 2.26. The second-order valence-corrected chi connectivity index (χ2v) is 3.39. The number of aromatic nitrogens is 1. The van der Waals surface area contributed by atoms with Gasteiger partial charge < -0.3 is 4.57 Å². The van der Waals surface area contributed by atoms with Gasteiger partial charge in [0.15, 0.2) is 29.6 Å². The van der Waals surface area contributed by atoms with E-state index in [2.05, 4.69) is 0 Å². The topological polar surface area (TPSA) is 22.0 Å². The third-order valence-electron chi connectivity index (χ3n) is 2.30. The number of aldehydes is 1. The van der Waals surface area contributed by atoms with E-state index in [0.29, 0.717) is 10.9 Å². The van der Waals surface area contributed by atoms with Crippen LogP contribution in [0.4, 0.5) is 22.0 Å². The van der Waals surface area contributed by atoms with Crippen LogP contribution >= 0.6 is 0 Å². The maximum atomic E-state index is 13.4. The molecule has 1 aromatic heterocycles. The third kappa shape index (κ3) is 1.68. The van der Waals surface area contributed by atoms with E-state index in [-0.39, 0.29) is 5.56 Å². The summed E-state index contributed by atoms with van der Waals surface area (Å²) in [5, 5.41) is 0. The zero-order valence-electron chi connectivity index (χ0n) is 8.55. The monoisotopic (exact) mass is 261 g/mol. The fourth-order valence-corrected chi connectivity index (χ4v) is 1.44. The van der Waals surface area contributed by atoms with Gasteiger partial charge in [-0.3, -0.25) is 4.79 Å². The average molecular weight is 261 g/mol. The zero-order chi connectivity index (χ0) is 13.4. The van der Waals surface area contributed by atoms with Crippen molar-refractivity contribution in [1.82, 2.24) is 4.57 Å². The number of carbonyl (C=O) groups excluding carboxylic acids is 1. The van der Waals surface area contributed by atoms with E-state index in [9.17, 15) is 26.7 Å². The number of benzene rings is 1. The number of halogens is 5. The van der Waals surface area contributed by atoms with Crippen LogP contribution in [0.1, 0.15) is 10.4 Å². The second-order valence-electron chi connectivity index (χ2n) is 3.39. The lowest BCUT2D eigenvalue weighted by atomic mass is 10.2. The molecule has 7 heteroatoms. The molecule has 1 heterocycles. The number of hydrogen-bond acceptors (Lipinski definition) is 1. The van der Waals surface area contributed by atoms with Gasteiger partial charge in [-0.25, -0.2) is 22.0 Å². The Morgan fingerprint density at radius 1 is 0.889 bits per heavy atom. The summed E-state index contributed by atoms with van der Waals surface area (Å²) in [5.74, 6) is -10.2. The molecule has 1 aromatic carbocycles. The van der Waals surface area contributed by atoms with Gasteiger partial charge in [-0.05, 0) is 6.07 Å². The SMILES string of the molecule is O=Cc1ccn(-c2c(F)c(F)c(F)c(F)c2F)c1. The summed E-state index contributed by atoms with van der Waals surface area (Å²) >= 11 is 0. The molecule has 94 valence electrons. The van der Waals surface area contributed by atoms with Crippen LogP contribution in [0.3, 0.4) is 0 Å². The zero-order valence-corrected chi connectivity index (χ0v) is 8.55. The molecule has 0 saturated heterocycles. The smallest absolute Gasteiger partial charge is 0.200 e. The molecule has 0 bridgehead atoms. The molecule has 2 aromatic rings. The van der Waals surface area contributed by atoms with Crippen molar-refractivity contribution in [2.75, 3.05) is 0 Å². The summed E-state index contributed by atoms with van der Waals surface area (Å²) in [7, 11) is 0. The maximum absolute atomic E-state index is 13.4. The van der Waals surface area contributed by atoms with E-state index in [0.717, 1.165) is 12.4 Å². The highest BCUT2D eigenvalue weighted by molar-refractivity contribution is 5.74. The van der Waals surface area contributed by atoms with Crippen LogP contribution in [-0.2, 0) is 0 Å². The number of rotatable bonds is 2. The molecule has 0 N–H and O–H groups in total. The van der Waals surface area contributed by atoms with Crippen LogP contribution < -0.4 is 0 Å². The van der Waals surface area contributed by atoms with Crippen molar-refractivity contribution in [3.63, 3.8) is 0 Å². The summed E-state index contributed by atoms with van der Waals surface area (Å²) < 4.78 is 66.1. The van der Waals surface area contributed by atoms with Crippen molar-refractivity contribution in [1.29, 1.82) is 0 Å². The van der Waals surface area contributed by atoms with E-state index in [4.69, 9.17) is 0 Å². The van der Waals surface area contributed by atoms with Crippen molar-refractivity contribution in [3.05, 3.63) is 53.1 Å². The molecule has 0 aliphatic carbocycles. The quantitative estimate of drug-likeness (QED) is 0.352. The van der Waals surface area contributed by atoms with Crippen LogP contribution in [0, 0.1) is 29.1 Å². The van der Waals surface area contributed by atoms with Gasteiger partial charge >= 0.3 is 0 Å². The summed E-state index contributed by atoms with van der Waals surface area (Å²) in [5.41, 5.74) is -1.08. The minimum absolute atomic E-state index is 0.0407. The van der Waals surface area contributed by atoms with Crippen molar-refractivity contribution < 1.29 is 26.7 Å². The first-order valence-electron chi connectivity index (χ1n) is 4.62. The van der Waals surface area contributed by atoms with E-state index in [1.807, 2.05) is 0 Å². The van der Waals surface area contributed by atoms with Gasteiger partial charge in [0.2, 0.25) is 5.82 Å². The number of hydrogen-bond donors (Lipinski definition) is 0. The summed E-state index contributed by atoms with van der Waals surface area (Å²) in [6.07, 6.45) is 2.34. The molecule has 2 nitrogen and oxygen atoms in total. The first-order chi connectivity index (χ1) is 8.47. The summed E-state index contributed by atoms with van der Waals surface area (Å²) in [4.78, 5) is 10.4. The van der Waals surface area contributed by atoms with Crippen molar-refractivity contribution in [2.45, 2.75) is 0 Å². The molecule has 0 aliphatic heterocycles. The molecule has 0 atom stereocenters. The van der Waals surface area contributed by atoms with Crippen molar-refractivity contribution in [3.8, 4) is 5.69 Å². The summed E-state index contributed by atoms with van der Waals surface area (Å²) in [6.45, 7) is 0. The minimum atomic E-state index is -2.23. The molecule has 0 fully saturated rings. The molecule has 0 aliphatic rings. The first-order valence-corrected chi connectivity index (χ1v) is 4.62. The number of carbonyl (C=O) groups is 1. The van der Waals surface area contributed by atoms with Crippen molar-refractivity contribution >= 4 is 6.29 Å². The lowest BCUT2D eigenvalue weighted by Crippen LogP contribution is -2.08. The Bertz CT molecular complexity index is 606. The fraction of sp³-hybridized carbons (Fsp3) is 0. The van der Waals surface area contributed by atoms with Gasteiger partial charge in [-0.2, -0.15) is 0 Å². The van der Waals surface area contributed by atoms with E-state index in [1.54, 1.807) is 0 Å².